The molecule has 1 N–H and O–H groups in total. The fraction of sp³-hybridized carbons (Fsp3) is 0.833. The summed E-state index contributed by atoms with van der Waals surface area (Å²) < 4.78 is 5.65. The molecule has 0 aliphatic rings. The number of nitrogens with zero attached hydrogens (tertiary/aromatic N) is 2. The third-order valence-electron chi connectivity index (χ3n) is 2.57. The van der Waals surface area contributed by atoms with Gasteiger partial charge in [-0.25, -0.2) is 0 Å². The first-order valence-electron chi connectivity index (χ1n) is 6.37. The van der Waals surface area contributed by atoms with Gasteiger partial charge in [0, 0.05) is 6.42 Å². The summed E-state index contributed by atoms with van der Waals surface area (Å²) in [5.41, 5.74) is 0. The summed E-state index contributed by atoms with van der Waals surface area (Å²) in [5.74, 6) is 1.51. The second-order valence-electron chi connectivity index (χ2n) is 4.05. The lowest BCUT2D eigenvalue weighted by molar-refractivity contribution is 0.370. The van der Waals surface area contributed by atoms with Crippen LogP contribution >= 0.6 is 0 Å². The Morgan fingerprint density at radius 1 is 1.19 bits per heavy atom. The molecule has 0 aliphatic carbocycles. The number of rotatable bonds is 8. The van der Waals surface area contributed by atoms with Crippen molar-refractivity contribution in [2.45, 2.75) is 58.9 Å². The normalized spacial score (nSPS) is 12.9. The molecule has 0 aromatic carbocycles. The first-order valence-corrected chi connectivity index (χ1v) is 6.37. The van der Waals surface area contributed by atoms with Crippen LogP contribution in [0.2, 0.25) is 0 Å². The molecular weight excluding hydrogens is 202 g/mol. The molecule has 92 valence electrons. The van der Waals surface area contributed by atoms with Gasteiger partial charge in [0.25, 0.3) is 0 Å². The molecule has 0 fully saturated rings. The standard InChI is InChI=1S/C12H23N3O/c1-4-7-8-11-14-15-12(16-11)10(6-3)13-9-5-2/h10,13H,4-9H2,1-3H3. The molecule has 4 nitrogen and oxygen atoms in total. The number of aryl methyl sites for hydroxylation is 1. The first-order chi connectivity index (χ1) is 7.81. The Hall–Kier alpha value is -0.900. The third kappa shape index (κ3) is 3.93. The topological polar surface area (TPSA) is 51.0 Å². The lowest BCUT2D eigenvalue weighted by Crippen LogP contribution is -2.21. The van der Waals surface area contributed by atoms with Gasteiger partial charge in [0.15, 0.2) is 0 Å². The molecule has 1 aromatic heterocycles. The van der Waals surface area contributed by atoms with E-state index >= 15 is 0 Å². The van der Waals surface area contributed by atoms with E-state index in [1.54, 1.807) is 0 Å². The van der Waals surface area contributed by atoms with Gasteiger partial charge < -0.3 is 9.73 Å². The third-order valence-corrected chi connectivity index (χ3v) is 2.57. The van der Waals surface area contributed by atoms with Crippen molar-refractivity contribution in [1.29, 1.82) is 0 Å². The summed E-state index contributed by atoms with van der Waals surface area (Å²) in [4.78, 5) is 0. The summed E-state index contributed by atoms with van der Waals surface area (Å²) in [6, 6.07) is 0.211. The van der Waals surface area contributed by atoms with Crippen LogP contribution in [-0.2, 0) is 6.42 Å². The minimum absolute atomic E-state index is 0.211. The summed E-state index contributed by atoms with van der Waals surface area (Å²) in [6.07, 6.45) is 5.26. The molecule has 0 aliphatic heterocycles. The summed E-state index contributed by atoms with van der Waals surface area (Å²) in [5, 5.41) is 11.6. The van der Waals surface area contributed by atoms with Crippen molar-refractivity contribution >= 4 is 0 Å². The van der Waals surface area contributed by atoms with Crippen LogP contribution in [0.3, 0.4) is 0 Å². The Kier molecular flexibility index (Phi) is 6.08. The zero-order chi connectivity index (χ0) is 11.8. The van der Waals surface area contributed by atoms with Gasteiger partial charge in [0.1, 0.15) is 0 Å². The number of unbranched alkanes of at least 4 members (excludes halogenated alkanes) is 1. The van der Waals surface area contributed by atoms with Crippen molar-refractivity contribution in [2.75, 3.05) is 6.54 Å². The molecular formula is C12H23N3O. The summed E-state index contributed by atoms with van der Waals surface area (Å²) in [7, 11) is 0. The van der Waals surface area contributed by atoms with E-state index < -0.39 is 0 Å². The van der Waals surface area contributed by atoms with Crippen molar-refractivity contribution in [2.24, 2.45) is 0 Å². The molecule has 0 spiro atoms. The molecule has 4 heteroatoms. The van der Waals surface area contributed by atoms with Crippen molar-refractivity contribution < 1.29 is 4.42 Å². The van der Waals surface area contributed by atoms with Crippen LogP contribution in [0.1, 0.15) is 64.3 Å². The maximum absolute atomic E-state index is 5.65. The zero-order valence-electron chi connectivity index (χ0n) is 10.6. The SMILES string of the molecule is CCCCc1nnc(C(CC)NCCC)o1. The molecule has 1 rings (SSSR count). The van der Waals surface area contributed by atoms with Crippen LogP contribution in [0.4, 0.5) is 0 Å². The largest absolute Gasteiger partial charge is 0.424 e. The minimum Gasteiger partial charge on any atom is -0.424 e. The van der Waals surface area contributed by atoms with Gasteiger partial charge in [0.05, 0.1) is 6.04 Å². The Morgan fingerprint density at radius 3 is 2.62 bits per heavy atom. The van der Waals surface area contributed by atoms with Gasteiger partial charge in [-0.3, -0.25) is 0 Å². The van der Waals surface area contributed by atoms with Crippen molar-refractivity contribution in [3.8, 4) is 0 Å². The molecule has 16 heavy (non-hydrogen) atoms. The second kappa shape index (κ2) is 7.39. The van der Waals surface area contributed by atoms with E-state index in [2.05, 4.69) is 36.3 Å². The predicted molar refractivity (Wildman–Crippen MR) is 64.2 cm³/mol. The Bertz CT molecular complexity index is 286. The maximum atomic E-state index is 5.65. The van der Waals surface area contributed by atoms with E-state index in [-0.39, 0.29) is 6.04 Å². The molecule has 1 heterocycles. The van der Waals surface area contributed by atoms with Gasteiger partial charge in [-0.2, -0.15) is 0 Å². The molecule has 1 aromatic rings. The average molecular weight is 225 g/mol. The van der Waals surface area contributed by atoms with Gasteiger partial charge >= 0.3 is 0 Å². The number of hydrogen-bond donors (Lipinski definition) is 1. The number of hydrogen-bond acceptors (Lipinski definition) is 4. The average Bonchev–Trinajstić information content (AvgIpc) is 2.76. The Morgan fingerprint density at radius 2 is 2.00 bits per heavy atom. The van der Waals surface area contributed by atoms with Gasteiger partial charge in [-0.1, -0.05) is 27.2 Å². The van der Waals surface area contributed by atoms with Crippen LogP contribution in [0.15, 0.2) is 4.42 Å². The molecule has 0 amide bonds. The highest BCUT2D eigenvalue weighted by Gasteiger charge is 2.15. The van der Waals surface area contributed by atoms with Crippen LogP contribution in [0.25, 0.3) is 0 Å². The van der Waals surface area contributed by atoms with Crippen LogP contribution in [-0.4, -0.2) is 16.7 Å². The van der Waals surface area contributed by atoms with Gasteiger partial charge in [0.2, 0.25) is 11.8 Å². The van der Waals surface area contributed by atoms with Gasteiger partial charge in [-0.05, 0) is 25.8 Å². The maximum Gasteiger partial charge on any atom is 0.233 e. The number of nitrogens with one attached hydrogen (secondary N) is 1. The van der Waals surface area contributed by atoms with E-state index in [9.17, 15) is 0 Å². The monoisotopic (exact) mass is 225 g/mol. The smallest absolute Gasteiger partial charge is 0.233 e. The lowest BCUT2D eigenvalue weighted by atomic mass is 10.2. The fourth-order valence-electron chi connectivity index (χ4n) is 1.56. The van der Waals surface area contributed by atoms with E-state index in [0.29, 0.717) is 0 Å². The molecule has 0 saturated heterocycles. The highest BCUT2D eigenvalue weighted by atomic mass is 16.4. The molecule has 1 atom stereocenters. The van der Waals surface area contributed by atoms with Crippen LogP contribution < -0.4 is 5.32 Å². The van der Waals surface area contributed by atoms with Crippen molar-refractivity contribution in [3.05, 3.63) is 11.8 Å². The van der Waals surface area contributed by atoms with Crippen molar-refractivity contribution in [3.63, 3.8) is 0 Å². The minimum atomic E-state index is 0.211. The first kappa shape index (κ1) is 13.2. The lowest BCUT2D eigenvalue weighted by Gasteiger charge is -2.11. The van der Waals surface area contributed by atoms with E-state index in [1.807, 2.05) is 0 Å². The Labute approximate surface area is 97.8 Å². The predicted octanol–water partition coefficient (Wildman–Crippen LogP) is 2.86. The van der Waals surface area contributed by atoms with E-state index in [1.165, 1.54) is 0 Å². The summed E-state index contributed by atoms with van der Waals surface area (Å²) in [6.45, 7) is 7.43. The zero-order valence-corrected chi connectivity index (χ0v) is 10.6. The fourth-order valence-corrected chi connectivity index (χ4v) is 1.56. The summed E-state index contributed by atoms with van der Waals surface area (Å²) >= 11 is 0. The van der Waals surface area contributed by atoms with Crippen LogP contribution in [0, 0.1) is 0 Å². The van der Waals surface area contributed by atoms with Crippen molar-refractivity contribution in [1.82, 2.24) is 15.5 Å². The second-order valence-corrected chi connectivity index (χ2v) is 4.05. The van der Waals surface area contributed by atoms with E-state index in [4.69, 9.17) is 4.42 Å². The van der Waals surface area contributed by atoms with Crippen LogP contribution in [0.5, 0.6) is 0 Å². The molecule has 0 saturated carbocycles. The highest BCUT2D eigenvalue weighted by molar-refractivity contribution is 4.89. The Balaban J connectivity index is 2.52. The molecule has 0 bridgehead atoms. The quantitative estimate of drug-likeness (QED) is 0.739. The van der Waals surface area contributed by atoms with E-state index in [0.717, 1.165) is 50.4 Å². The van der Waals surface area contributed by atoms with Gasteiger partial charge in [-0.15, -0.1) is 10.2 Å². The molecule has 1 unspecified atom stereocenters. The number of aromatic nitrogens is 2. The molecule has 0 radical (unpaired) electrons. The highest BCUT2D eigenvalue weighted by Crippen LogP contribution is 2.15.